The Morgan fingerprint density at radius 3 is 2.24 bits per heavy atom. The lowest BCUT2D eigenvalue weighted by molar-refractivity contribution is 0.0148. The first-order valence-corrected chi connectivity index (χ1v) is 6.39. The molecule has 0 heterocycles. The van der Waals surface area contributed by atoms with Crippen LogP contribution < -0.4 is 5.73 Å². The molecule has 4 nitrogen and oxygen atoms in total. The molecule has 0 bridgehead atoms. The van der Waals surface area contributed by atoms with Crippen molar-refractivity contribution in [1.29, 1.82) is 0 Å². The molecular weight excluding hydrogens is 216 g/mol. The van der Waals surface area contributed by atoms with E-state index in [4.69, 9.17) is 10.5 Å². The van der Waals surface area contributed by atoms with Gasteiger partial charge in [0.2, 0.25) is 0 Å². The summed E-state index contributed by atoms with van der Waals surface area (Å²) in [5.41, 5.74) is 5.48. The quantitative estimate of drug-likeness (QED) is 0.823. The summed E-state index contributed by atoms with van der Waals surface area (Å²) in [4.78, 5) is 13.9. The summed E-state index contributed by atoms with van der Waals surface area (Å²) in [5.74, 6) is 0. The summed E-state index contributed by atoms with van der Waals surface area (Å²) in [7, 11) is 0. The lowest BCUT2D eigenvalue weighted by Gasteiger charge is -2.32. The standard InChI is InChI=1S/C13H26N2O2/c1-10(2)15(9-13(8-14)6-7-13)11(16)17-12(3,4)5/h10H,6-9,14H2,1-5H3. The second-order valence-corrected chi connectivity index (χ2v) is 6.41. The molecular formula is C13H26N2O2. The Hall–Kier alpha value is -0.770. The van der Waals surface area contributed by atoms with Crippen LogP contribution in [0.2, 0.25) is 0 Å². The van der Waals surface area contributed by atoms with Gasteiger partial charge in [0.25, 0.3) is 0 Å². The van der Waals surface area contributed by atoms with Crippen LogP contribution in [-0.2, 0) is 4.74 Å². The SMILES string of the molecule is CC(C)N(CC1(CN)CC1)C(=O)OC(C)(C)C. The van der Waals surface area contributed by atoms with E-state index in [1.165, 1.54) is 0 Å². The molecule has 100 valence electrons. The molecule has 0 unspecified atom stereocenters. The number of rotatable bonds is 4. The van der Waals surface area contributed by atoms with Gasteiger partial charge in [-0.3, -0.25) is 0 Å². The van der Waals surface area contributed by atoms with Crippen LogP contribution in [-0.4, -0.2) is 35.7 Å². The van der Waals surface area contributed by atoms with Crippen molar-refractivity contribution in [2.75, 3.05) is 13.1 Å². The van der Waals surface area contributed by atoms with Crippen molar-refractivity contribution in [3.8, 4) is 0 Å². The molecule has 1 saturated carbocycles. The number of carbonyl (C=O) groups is 1. The third kappa shape index (κ3) is 4.19. The van der Waals surface area contributed by atoms with Crippen molar-refractivity contribution in [2.24, 2.45) is 11.1 Å². The zero-order valence-corrected chi connectivity index (χ0v) is 11.7. The first-order chi connectivity index (χ1) is 7.69. The van der Waals surface area contributed by atoms with Crippen LogP contribution in [0.25, 0.3) is 0 Å². The molecule has 2 N–H and O–H groups in total. The van der Waals surface area contributed by atoms with Crippen molar-refractivity contribution < 1.29 is 9.53 Å². The van der Waals surface area contributed by atoms with Gasteiger partial charge in [-0.15, -0.1) is 0 Å². The van der Waals surface area contributed by atoms with Crippen LogP contribution in [0.4, 0.5) is 4.79 Å². The minimum Gasteiger partial charge on any atom is -0.444 e. The molecule has 0 aliphatic heterocycles. The van der Waals surface area contributed by atoms with Crippen molar-refractivity contribution >= 4 is 6.09 Å². The van der Waals surface area contributed by atoms with Crippen LogP contribution in [0.1, 0.15) is 47.5 Å². The van der Waals surface area contributed by atoms with E-state index in [1.54, 1.807) is 4.90 Å². The number of amides is 1. The summed E-state index contributed by atoms with van der Waals surface area (Å²) >= 11 is 0. The summed E-state index contributed by atoms with van der Waals surface area (Å²) in [5, 5.41) is 0. The van der Waals surface area contributed by atoms with Gasteiger partial charge >= 0.3 is 6.09 Å². The molecule has 1 aliphatic rings. The van der Waals surface area contributed by atoms with Crippen LogP contribution in [0, 0.1) is 5.41 Å². The van der Waals surface area contributed by atoms with Crippen LogP contribution >= 0.6 is 0 Å². The average molecular weight is 242 g/mol. The van der Waals surface area contributed by atoms with Gasteiger partial charge in [0.15, 0.2) is 0 Å². The van der Waals surface area contributed by atoms with E-state index >= 15 is 0 Å². The van der Waals surface area contributed by atoms with Crippen molar-refractivity contribution in [3.05, 3.63) is 0 Å². The predicted molar refractivity (Wildman–Crippen MR) is 68.8 cm³/mol. The Bertz CT molecular complexity index is 278. The largest absolute Gasteiger partial charge is 0.444 e. The molecule has 0 spiro atoms. The maximum Gasteiger partial charge on any atom is 0.410 e. The minimum atomic E-state index is -0.441. The normalized spacial score (nSPS) is 18.1. The fourth-order valence-corrected chi connectivity index (χ4v) is 1.74. The number of nitrogens with two attached hydrogens (primary N) is 1. The number of hydrogen-bond acceptors (Lipinski definition) is 3. The zero-order chi connectivity index (χ0) is 13.3. The minimum absolute atomic E-state index is 0.147. The Labute approximate surface area is 104 Å². The lowest BCUT2D eigenvalue weighted by atomic mass is 10.1. The Morgan fingerprint density at radius 1 is 1.41 bits per heavy atom. The number of nitrogens with zero attached hydrogens (tertiary/aromatic N) is 1. The van der Waals surface area contributed by atoms with E-state index in [2.05, 4.69) is 0 Å². The topological polar surface area (TPSA) is 55.6 Å². The summed E-state index contributed by atoms with van der Waals surface area (Å²) < 4.78 is 5.43. The van der Waals surface area contributed by atoms with E-state index in [0.29, 0.717) is 6.54 Å². The second kappa shape index (κ2) is 4.84. The van der Waals surface area contributed by atoms with Gasteiger partial charge in [0.1, 0.15) is 5.60 Å². The van der Waals surface area contributed by atoms with Crippen LogP contribution in [0.15, 0.2) is 0 Å². The third-order valence-corrected chi connectivity index (χ3v) is 3.15. The van der Waals surface area contributed by atoms with Crippen LogP contribution in [0.5, 0.6) is 0 Å². The highest BCUT2D eigenvalue weighted by molar-refractivity contribution is 5.68. The summed E-state index contributed by atoms with van der Waals surface area (Å²) in [6, 6.07) is 0.147. The van der Waals surface area contributed by atoms with Gasteiger partial charge in [-0.05, 0) is 54.0 Å². The smallest absolute Gasteiger partial charge is 0.410 e. The highest BCUT2D eigenvalue weighted by atomic mass is 16.6. The van der Waals surface area contributed by atoms with E-state index in [9.17, 15) is 4.79 Å². The monoisotopic (exact) mass is 242 g/mol. The molecule has 0 atom stereocenters. The fourth-order valence-electron chi connectivity index (χ4n) is 1.74. The molecule has 0 aromatic carbocycles. The van der Waals surface area contributed by atoms with E-state index < -0.39 is 5.60 Å². The van der Waals surface area contributed by atoms with E-state index in [-0.39, 0.29) is 17.6 Å². The first kappa shape index (κ1) is 14.3. The van der Waals surface area contributed by atoms with E-state index in [1.807, 2.05) is 34.6 Å². The molecule has 1 rings (SSSR count). The van der Waals surface area contributed by atoms with Gasteiger partial charge in [0.05, 0.1) is 0 Å². The number of carbonyl (C=O) groups excluding carboxylic acids is 1. The molecule has 0 aromatic rings. The molecule has 4 heteroatoms. The molecule has 0 radical (unpaired) electrons. The molecule has 1 fully saturated rings. The van der Waals surface area contributed by atoms with Gasteiger partial charge in [0, 0.05) is 18.0 Å². The van der Waals surface area contributed by atoms with Gasteiger partial charge < -0.3 is 15.4 Å². The summed E-state index contributed by atoms with van der Waals surface area (Å²) in [6.07, 6.45) is 2.01. The Kier molecular flexibility index (Phi) is 4.07. The van der Waals surface area contributed by atoms with Gasteiger partial charge in [-0.25, -0.2) is 4.79 Å². The average Bonchev–Trinajstić information content (AvgIpc) is 2.91. The van der Waals surface area contributed by atoms with Crippen molar-refractivity contribution in [3.63, 3.8) is 0 Å². The maximum atomic E-state index is 12.1. The first-order valence-electron chi connectivity index (χ1n) is 6.39. The fraction of sp³-hybridized carbons (Fsp3) is 0.923. The van der Waals surface area contributed by atoms with Gasteiger partial charge in [-0.1, -0.05) is 0 Å². The predicted octanol–water partition coefficient (Wildman–Crippen LogP) is 2.37. The van der Waals surface area contributed by atoms with Crippen molar-refractivity contribution in [1.82, 2.24) is 4.90 Å². The maximum absolute atomic E-state index is 12.1. The van der Waals surface area contributed by atoms with E-state index in [0.717, 1.165) is 19.4 Å². The molecule has 1 amide bonds. The molecule has 0 saturated heterocycles. The molecule has 1 aliphatic carbocycles. The number of hydrogen-bond donors (Lipinski definition) is 1. The third-order valence-electron chi connectivity index (χ3n) is 3.15. The van der Waals surface area contributed by atoms with Gasteiger partial charge in [-0.2, -0.15) is 0 Å². The molecule has 17 heavy (non-hydrogen) atoms. The highest BCUT2D eigenvalue weighted by Crippen LogP contribution is 2.45. The van der Waals surface area contributed by atoms with Crippen LogP contribution in [0.3, 0.4) is 0 Å². The lowest BCUT2D eigenvalue weighted by Crippen LogP contribution is -2.45. The zero-order valence-electron chi connectivity index (χ0n) is 11.7. The van der Waals surface area contributed by atoms with Crippen molar-refractivity contribution in [2.45, 2.75) is 59.1 Å². The Morgan fingerprint density at radius 2 is 1.94 bits per heavy atom. The second-order valence-electron chi connectivity index (χ2n) is 6.41. The molecule has 0 aromatic heterocycles. The summed E-state index contributed by atoms with van der Waals surface area (Å²) in [6.45, 7) is 11.1. The number of ether oxygens (including phenoxy) is 1. The highest BCUT2D eigenvalue weighted by Gasteiger charge is 2.44. The Balaban J connectivity index is 2.63.